The molecule has 1 amide bonds. The molecule has 0 aromatic heterocycles. The Morgan fingerprint density at radius 2 is 2.00 bits per heavy atom. The fraction of sp³-hybridized carbons (Fsp3) is 0.200. The molecule has 4 N–H and O–H groups in total. The molecule has 4 heteroatoms. The molecule has 0 rings (SSSR count). The summed E-state index contributed by atoms with van der Waals surface area (Å²) < 4.78 is 0. The lowest BCUT2D eigenvalue weighted by Crippen LogP contribution is -2.16. The molecule has 0 heterocycles. The zero-order valence-electron chi connectivity index (χ0n) is 5.01. The first kappa shape index (κ1) is 7.50. The van der Waals surface area contributed by atoms with Crippen molar-refractivity contribution in [3.05, 3.63) is 11.3 Å². The molecule has 9 heavy (non-hydrogen) atoms. The Morgan fingerprint density at radius 1 is 1.56 bits per heavy atom. The summed E-state index contributed by atoms with van der Waals surface area (Å²) in [6.07, 6.45) is 0. The summed E-state index contributed by atoms with van der Waals surface area (Å²) in [4.78, 5) is 10.2. The number of carbonyl (C=O) groups excluding carboxylic acids is 1. The zero-order valence-corrected chi connectivity index (χ0v) is 5.01. The Bertz CT molecular complexity index is 195. The minimum Gasteiger partial charge on any atom is -0.401 e. The molecule has 0 aliphatic heterocycles. The smallest absolute Gasteiger partial charge is 0.261 e. The molecule has 0 saturated heterocycles. The molecule has 48 valence electrons. The van der Waals surface area contributed by atoms with E-state index in [9.17, 15) is 4.79 Å². The highest BCUT2D eigenvalue weighted by Crippen LogP contribution is 1.93. The standard InChI is InChI=1S/C5H7N3O/c1-3(7)4(2-6)5(8)9/h7H2,1H3,(H2,8,9)/b4-3-. The highest BCUT2D eigenvalue weighted by Gasteiger charge is 2.03. The molecule has 0 spiro atoms. The molecule has 0 aliphatic carbocycles. The summed E-state index contributed by atoms with van der Waals surface area (Å²) in [5.74, 6) is -0.780. The number of rotatable bonds is 1. The van der Waals surface area contributed by atoms with E-state index >= 15 is 0 Å². The minimum absolute atomic E-state index is 0.157. The quantitative estimate of drug-likeness (QED) is 0.356. The third kappa shape index (κ3) is 1.82. The summed E-state index contributed by atoms with van der Waals surface area (Å²) in [6, 6.07) is 1.58. The molecule has 0 aliphatic rings. The van der Waals surface area contributed by atoms with Gasteiger partial charge in [0.2, 0.25) is 0 Å². The van der Waals surface area contributed by atoms with Crippen molar-refractivity contribution in [2.45, 2.75) is 6.92 Å². The number of carbonyl (C=O) groups is 1. The predicted molar refractivity (Wildman–Crippen MR) is 31.7 cm³/mol. The number of nitrogens with zero attached hydrogens (tertiary/aromatic N) is 1. The summed E-state index contributed by atoms with van der Waals surface area (Å²) in [7, 11) is 0. The second kappa shape index (κ2) is 2.72. The van der Waals surface area contributed by atoms with Crippen LogP contribution in [0, 0.1) is 11.3 Å². The van der Waals surface area contributed by atoms with Gasteiger partial charge in [-0.1, -0.05) is 0 Å². The van der Waals surface area contributed by atoms with Gasteiger partial charge in [-0.25, -0.2) is 0 Å². The lowest BCUT2D eigenvalue weighted by atomic mass is 10.2. The predicted octanol–water partition coefficient (Wildman–Crippen LogP) is -0.772. The van der Waals surface area contributed by atoms with E-state index in [4.69, 9.17) is 16.7 Å². The largest absolute Gasteiger partial charge is 0.401 e. The second-order valence-electron chi connectivity index (χ2n) is 1.53. The van der Waals surface area contributed by atoms with Gasteiger partial charge in [0.05, 0.1) is 0 Å². The number of hydrogen-bond acceptors (Lipinski definition) is 3. The lowest BCUT2D eigenvalue weighted by Gasteiger charge is -1.91. The van der Waals surface area contributed by atoms with Crippen LogP contribution in [-0.2, 0) is 4.79 Å². The molecule has 0 fully saturated rings. The van der Waals surface area contributed by atoms with E-state index in [1.54, 1.807) is 6.07 Å². The number of nitrogens with two attached hydrogens (primary N) is 2. The maximum absolute atomic E-state index is 10.2. The zero-order chi connectivity index (χ0) is 7.44. The van der Waals surface area contributed by atoms with Crippen LogP contribution < -0.4 is 11.5 Å². The molecule has 0 radical (unpaired) electrons. The number of nitriles is 1. The van der Waals surface area contributed by atoms with Gasteiger partial charge in [0.25, 0.3) is 5.91 Å². The number of primary amides is 1. The summed E-state index contributed by atoms with van der Waals surface area (Å²) in [5, 5.41) is 8.18. The molecule has 0 aromatic rings. The van der Waals surface area contributed by atoms with E-state index in [2.05, 4.69) is 0 Å². The van der Waals surface area contributed by atoms with Crippen molar-refractivity contribution in [2.24, 2.45) is 11.5 Å². The molecule has 0 bridgehead atoms. The second-order valence-corrected chi connectivity index (χ2v) is 1.53. The SMILES string of the molecule is C/C(N)=C(\C#N)C(N)=O. The fourth-order valence-corrected chi connectivity index (χ4v) is 0.338. The Kier molecular flexibility index (Phi) is 2.27. The van der Waals surface area contributed by atoms with Crippen LogP contribution in [0.1, 0.15) is 6.92 Å². The maximum Gasteiger partial charge on any atom is 0.261 e. The molecule has 4 nitrogen and oxygen atoms in total. The summed E-state index contributed by atoms with van der Waals surface area (Å²) >= 11 is 0. The first-order valence-electron chi connectivity index (χ1n) is 2.26. The monoisotopic (exact) mass is 125 g/mol. The van der Waals surface area contributed by atoms with Gasteiger partial charge in [0, 0.05) is 5.70 Å². The van der Waals surface area contributed by atoms with Gasteiger partial charge >= 0.3 is 0 Å². The third-order valence-corrected chi connectivity index (χ3v) is 0.753. The van der Waals surface area contributed by atoms with E-state index in [0.29, 0.717) is 0 Å². The van der Waals surface area contributed by atoms with Gasteiger partial charge in [-0.05, 0) is 6.92 Å². The van der Waals surface area contributed by atoms with Crippen molar-refractivity contribution in [3.63, 3.8) is 0 Å². The Hall–Kier alpha value is -1.50. The van der Waals surface area contributed by atoms with Crippen molar-refractivity contribution >= 4 is 5.91 Å². The van der Waals surface area contributed by atoms with E-state index in [1.165, 1.54) is 6.92 Å². The van der Waals surface area contributed by atoms with Crippen LogP contribution in [0.15, 0.2) is 11.3 Å². The van der Waals surface area contributed by atoms with Crippen molar-refractivity contribution in [1.82, 2.24) is 0 Å². The van der Waals surface area contributed by atoms with Crippen LogP contribution in [0.5, 0.6) is 0 Å². The van der Waals surface area contributed by atoms with Crippen LogP contribution in [0.3, 0.4) is 0 Å². The van der Waals surface area contributed by atoms with Gasteiger partial charge < -0.3 is 11.5 Å². The van der Waals surface area contributed by atoms with E-state index in [1.807, 2.05) is 0 Å². The van der Waals surface area contributed by atoms with Crippen molar-refractivity contribution < 1.29 is 4.79 Å². The van der Waals surface area contributed by atoms with Crippen LogP contribution >= 0.6 is 0 Å². The highest BCUT2D eigenvalue weighted by molar-refractivity contribution is 5.96. The molecular weight excluding hydrogens is 118 g/mol. The number of allylic oxidation sites excluding steroid dienone is 1. The number of amides is 1. The van der Waals surface area contributed by atoms with Gasteiger partial charge in [-0.3, -0.25) is 4.79 Å². The average Bonchev–Trinajstić information content (AvgIpc) is 1.64. The molecule has 0 saturated carbocycles. The molecule has 0 unspecified atom stereocenters. The highest BCUT2D eigenvalue weighted by atomic mass is 16.1. The summed E-state index contributed by atoms with van der Waals surface area (Å²) in [5.41, 5.74) is 9.84. The first-order chi connectivity index (χ1) is 4.09. The van der Waals surface area contributed by atoms with Crippen molar-refractivity contribution in [2.75, 3.05) is 0 Å². The van der Waals surface area contributed by atoms with Gasteiger partial charge in [-0.15, -0.1) is 0 Å². The topological polar surface area (TPSA) is 92.9 Å². The van der Waals surface area contributed by atoms with Crippen LogP contribution in [-0.4, -0.2) is 5.91 Å². The Balaban J connectivity index is 4.62. The van der Waals surface area contributed by atoms with Crippen molar-refractivity contribution in [3.8, 4) is 6.07 Å². The Labute approximate surface area is 52.7 Å². The maximum atomic E-state index is 10.2. The Morgan fingerprint density at radius 3 is 2.00 bits per heavy atom. The summed E-state index contributed by atoms with van der Waals surface area (Å²) in [6.45, 7) is 1.45. The van der Waals surface area contributed by atoms with Gasteiger partial charge in [0.1, 0.15) is 11.6 Å². The van der Waals surface area contributed by atoms with E-state index in [0.717, 1.165) is 0 Å². The molecule has 0 aromatic carbocycles. The average molecular weight is 125 g/mol. The molecular formula is C5H7N3O. The number of hydrogen-bond donors (Lipinski definition) is 2. The fourth-order valence-electron chi connectivity index (χ4n) is 0.338. The van der Waals surface area contributed by atoms with Gasteiger partial charge in [-0.2, -0.15) is 5.26 Å². The van der Waals surface area contributed by atoms with Crippen LogP contribution in [0.25, 0.3) is 0 Å². The van der Waals surface area contributed by atoms with Crippen molar-refractivity contribution in [1.29, 1.82) is 5.26 Å². The minimum atomic E-state index is -0.780. The van der Waals surface area contributed by atoms with Crippen LogP contribution in [0.2, 0.25) is 0 Å². The van der Waals surface area contributed by atoms with Crippen LogP contribution in [0.4, 0.5) is 0 Å². The third-order valence-electron chi connectivity index (χ3n) is 0.753. The van der Waals surface area contributed by atoms with E-state index < -0.39 is 5.91 Å². The molecule has 0 atom stereocenters. The van der Waals surface area contributed by atoms with Gasteiger partial charge in [0.15, 0.2) is 0 Å². The normalized spacial score (nSPS) is 11.6. The first-order valence-corrected chi connectivity index (χ1v) is 2.26. The lowest BCUT2D eigenvalue weighted by molar-refractivity contribution is -0.114. The van der Waals surface area contributed by atoms with E-state index in [-0.39, 0.29) is 11.3 Å².